The summed E-state index contributed by atoms with van der Waals surface area (Å²) < 4.78 is 0. The maximum atomic E-state index is 13.8. The van der Waals surface area contributed by atoms with Gasteiger partial charge < -0.3 is 0 Å². The molecule has 32 heavy (non-hydrogen) atoms. The summed E-state index contributed by atoms with van der Waals surface area (Å²) in [5.41, 5.74) is 0. The first-order valence-electron chi connectivity index (χ1n) is 15.4. The van der Waals surface area contributed by atoms with Crippen molar-refractivity contribution < 1.29 is 4.80 Å². The first kappa shape index (κ1) is 32.2. The van der Waals surface area contributed by atoms with Gasteiger partial charge in [0.1, 0.15) is 0 Å². The largest absolute Gasteiger partial charge is 0.297 e. The Balaban J connectivity index is 4.04. The molecular weight excluding hydrogens is 404 g/mol. The molecule has 0 aliphatic rings. The van der Waals surface area contributed by atoms with E-state index in [1.54, 1.807) is 0 Å². The van der Waals surface area contributed by atoms with Crippen LogP contribution in [-0.4, -0.2) is 8.32 Å². The highest BCUT2D eigenvalue weighted by Crippen LogP contribution is 2.28. The Morgan fingerprint density at radius 1 is 0.312 bits per heavy atom. The van der Waals surface area contributed by atoms with Crippen molar-refractivity contribution in [3.63, 3.8) is 0 Å². The molecule has 0 atom stereocenters. The molecule has 0 bridgehead atoms. The second kappa shape index (κ2) is 25.8. The third-order valence-electron chi connectivity index (χ3n) is 7.46. The fraction of sp³-hybridized carbons (Fsp3) is 1.00. The molecule has 0 saturated carbocycles. The van der Waals surface area contributed by atoms with Crippen LogP contribution in [0.1, 0.15) is 175 Å². The minimum absolute atomic E-state index is 1.08. The normalized spacial score (nSPS) is 12.0. The maximum absolute atomic E-state index is 13.8. The molecule has 1 nitrogen and oxygen atoms in total. The monoisotopic (exact) mass is 467 g/mol. The molecule has 0 aliphatic carbocycles. The van der Waals surface area contributed by atoms with Crippen LogP contribution in [0, 0.1) is 0 Å². The van der Waals surface area contributed by atoms with Crippen LogP contribution in [0.15, 0.2) is 0 Å². The summed E-state index contributed by atoms with van der Waals surface area (Å²) in [5, 5.41) is 0. The molecule has 0 rings (SSSR count). The van der Waals surface area contributed by atoms with Crippen LogP contribution in [0.25, 0.3) is 0 Å². The van der Waals surface area contributed by atoms with Gasteiger partial charge in [-0.15, -0.1) is 0 Å². The van der Waals surface area contributed by atoms with Crippen molar-refractivity contribution in [1.29, 1.82) is 0 Å². The van der Waals surface area contributed by atoms with Crippen molar-refractivity contribution in [2.75, 3.05) is 0 Å². The Labute approximate surface area is 206 Å². The van der Waals surface area contributed by atoms with Gasteiger partial charge in [-0.05, 0) is 18.1 Å². The summed E-state index contributed by atoms with van der Waals surface area (Å²) >= 11 is 0. The molecule has 193 valence electrons. The van der Waals surface area contributed by atoms with E-state index in [-0.39, 0.29) is 0 Å². The highest BCUT2D eigenvalue weighted by atomic mass is 28.4. The third kappa shape index (κ3) is 23.3. The molecule has 0 amide bonds. The minimum atomic E-state index is -2.24. The number of unbranched alkanes of at least 4 members (excludes halogenated alkanes) is 21. The van der Waals surface area contributed by atoms with Gasteiger partial charge in [0.2, 0.25) is 8.32 Å². The van der Waals surface area contributed by atoms with Crippen LogP contribution in [0.2, 0.25) is 18.1 Å². The fourth-order valence-electron chi connectivity index (χ4n) is 5.12. The van der Waals surface area contributed by atoms with Crippen molar-refractivity contribution in [3.05, 3.63) is 0 Å². The number of hydrogen-bond donors (Lipinski definition) is 0. The molecule has 0 aliphatic heterocycles. The summed E-state index contributed by atoms with van der Waals surface area (Å²) in [4.78, 5) is 13.8. The Morgan fingerprint density at radius 3 is 0.719 bits per heavy atom. The molecule has 0 heterocycles. The number of rotatable bonds is 27. The molecule has 0 N–H and O–H groups in total. The van der Waals surface area contributed by atoms with Gasteiger partial charge in [-0.1, -0.05) is 175 Å². The predicted octanol–water partition coefficient (Wildman–Crippen LogP) is 11.8. The highest BCUT2D eigenvalue weighted by Gasteiger charge is 2.31. The van der Waals surface area contributed by atoms with Gasteiger partial charge in [-0.2, -0.15) is 0 Å². The SMILES string of the molecule is CCCCCCCCCC[Si]([O])(CCCCCCCCCC)CCCCCCCCCC. The lowest BCUT2D eigenvalue weighted by Gasteiger charge is -2.23. The van der Waals surface area contributed by atoms with E-state index >= 15 is 0 Å². The van der Waals surface area contributed by atoms with Crippen LogP contribution in [0.5, 0.6) is 0 Å². The van der Waals surface area contributed by atoms with E-state index < -0.39 is 8.32 Å². The van der Waals surface area contributed by atoms with E-state index in [2.05, 4.69) is 20.8 Å². The van der Waals surface area contributed by atoms with E-state index in [0.29, 0.717) is 0 Å². The summed E-state index contributed by atoms with van der Waals surface area (Å²) in [6.45, 7) is 6.87. The van der Waals surface area contributed by atoms with E-state index in [4.69, 9.17) is 0 Å². The van der Waals surface area contributed by atoms with Crippen LogP contribution < -0.4 is 0 Å². The zero-order chi connectivity index (χ0) is 23.6. The first-order chi connectivity index (χ1) is 15.7. The summed E-state index contributed by atoms with van der Waals surface area (Å²) in [6, 6.07) is 3.24. The molecule has 0 saturated heterocycles. The van der Waals surface area contributed by atoms with E-state index in [1.807, 2.05) is 0 Å². The smallest absolute Gasteiger partial charge is 0.237 e. The Morgan fingerprint density at radius 2 is 0.500 bits per heavy atom. The lowest BCUT2D eigenvalue weighted by Crippen LogP contribution is -2.32. The third-order valence-corrected chi connectivity index (χ3v) is 11.3. The van der Waals surface area contributed by atoms with Crippen molar-refractivity contribution in [2.24, 2.45) is 0 Å². The standard InChI is InChI=1S/C30H63OSi/c1-4-7-10-13-16-19-22-25-28-32(31,29-26-23-20-17-14-11-8-5-2)30-27-24-21-18-15-12-9-6-3/h4-30H2,1-3H3. The molecular formula is C30H63OSi. The van der Waals surface area contributed by atoms with Crippen molar-refractivity contribution in [1.82, 2.24) is 0 Å². The molecule has 0 aromatic rings. The molecule has 0 unspecified atom stereocenters. The molecule has 0 aromatic heterocycles. The average molecular weight is 468 g/mol. The molecule has 0 aromatic carbocycles. The Hall–Kier alpha value is 0.177. The van der Waals surface area contributed by atoms with Gasteiger partial charge in [0.25, 0.3) is 0 Å². The predicted molar refractivity (Wildman–Crippen MR) is 149 cm³/mol. The minimum Gasteiger partial charge on any atom is -0.297 e. The zero-order valence-electron chi connectivity index (χ0n) is 23.0. The Bertz CT molecular complexity index is 293. The van der Waals surface area contributed by atoms with Crippen LogP contribution in [0.3, 0.4) is 0 Å². The van der Waals surface area contributed by atoms with E-state index in [0.717, 1.165) is 18.1 Å². The second-order valence-corrected chi connectivity index (χ2v) is 14.7. The van der Waals surface area contributed by atoms with E-state index in [1.165, 1.54) is 154 Å². The van der Waals surface area contributed by atoms with Crippen LogP contribution in [0.4, 0.5) is 0 Å². The number of hydrogen-bond acceptors (Lipinski definition) is 0. The quantitative estimate of drug-likeness (QED) is 0.0845. The Kier molecular flexibility index (Phi) is 25.9. The van der Waals surface area contributed by atoms with Gasteiger partial charge in [-0.25, -0.2) is 0 Å². The molecule has 0 spiro atoms. The topological polar surface area (TPSA) is 19.9 Å². The van der Waals surface area contributed by atoms with Crippen molar-refractivity contribution in [3.8, 4) is 0 Å². The molecule has 1 radical (unpaired) electrons. The van der Waals surface area contributed by atoms with Gasteiger partial charge in [-0.3, -0.25) is 4.80 Å². The molecule has 0 fully saturated rings. The maximum Gasteiger partial charge on any atom is 0.237 e. The van der Waals surface area contributed by atoms with Crippen molar-refractivity contribution in [2.45, 2.75) is 193 Å². The summed E-state index contributed by atoms with van der Waals surface area (Å²) in [5.74, 6) is 0. The zero-order valence-corrected chi connectivity index (χ0v) is 24.0. The van der Waals surface area contributed by atoms with Crippen LogP contribution >= 0.6 is 0 Å². The van der Waals surface area contributed by atoms with Gasteiger partial charge in [0.15, 0.2) is 0 Å². The lowest BCUT2D eigenvalue weighted by atomic mass is 10.1. The summed E-state index contributed by atoms with van der Waals surface area (Å²) in [6.07, 6.45) is 32.6. The van der Waals surface area contributed by atoms with Crippen molar-refractivity contribution >= 4 is 8.32 Å². The lowest BCUT2D eigenvalue weighted by molar-refractivity contribution is 0.398. The first-order valence-corrected chi connectivity index (χ1v) is 17.9. The van der Waals surface area contributed by atoms with E-state index in [9.17, 15) is 4.80 Å². The van der Waals surface area contributed by atoms with Crippen LogP contribution in [-0.2, 0) is 4.80 Å². The van der Waals surface area contributed by atoms with Gasteiger partial charge in [0.05, 0.1) is 0 Å². The fourth-order valence-corrected chi connectivity index (χ4v) is 8.55. The molecule has 2 heteroatoms. The summed E-state index contributed by atoms with van der Waals surface area (Å²) in [7, 11) is -2.24. The van der Waals surface area contributed by atoms with Gasteiger partial charge in [0, 0.05) is 0 Å². The highest BCUT2D eigenvalue weighted by molar-refractivity contribution is 6.72. The average Bonchev–Trinajstić information content (AvgIpc) is 2.79. The van der Waals surface area contributed by atoms with Gasteiger partial charge >= 0.3 is 0 Å². The second-order valence-electron chi connectivity index (χ2n) is 10.9.